The predicted octanol–water partition coefficient (Wildman–Crippen LogP) is 2.75. The second-order valence-corrected chi connectivity index (χ2v) is 3.82. The molecule has 1 aliphatic heterocycles. The van der Waals surface area contributed by atoms with E-state index < -0.39 is 0 Å². The van der Waals surface area contributed by atoms with Crippen molar-refractivity contribution in [1.29, 1.82) is 0 Å². The van der Waals surface area contributed by atoms with E-state index >= 15 is 0 Å². The molecule has 0 unspecified atom stereocenters. The van der Waals surface area contributed by atoms with Gasteiger partial charge in [-0.25, -0.2) is 0 Å². The molecule has 0 saturated heterocycles. The molecule has 3 nitrogen and oxygen atoms in total. The summed E-state index contributed by atoms with van der Waals surface area (Å²) in [5, 5.41) is 3.96. The standard InChI is InChI=1S/C13H18N2O/c1-3-10-15(16-2)14-11-6-8-12-7-4-5-9-13(12)14/h4-7,9,11H,3,8,10H2,1-2H3. The second kappa shape index (κ2) is 5.14. The van der Waals surface area contributed by atoms with Crippen LogP contribution in [-0.2, 0) is 11.3 Å². The van der Waals surface area contributed by atoms with Gasteiger partial charge in [-0.1, -0.05) is 36.4 Å². The lowest BCUT2D eigenvalue weighted by Crippen LogP contribution is -2.40. The van der Waals surface area contributed by atoms with Gasteiger partial charge in [0.05, 0.1) is 12.8 Å². The summed E-state index contributed by atoms with van der Waals surface area (Å²) in [5.41, 5.74) is 2.54. The molecule has 0 atom stereocenters. The van der Waals surface area contributed by atoms with Crippen LogP contribution in [0.3, 0.4) is 0 Å². The molecule has 0 spiro atoms. The van der Waals surface area contributed by atoms with Crippen LogP contribution < -0.4 is 5.01 Å². The molecule has 0 amide bonds. The number of rotatable bonds is 4. The van der Waals surface area contributed by atoms with E-state index in [2.05, 4.69) is 48.5 Å². The van der Waals surface area contributed by atoms with Crippen LogP contribution in [0.25, 0.3) is 0 Å². The minimum absolute atomic E-state index is 0.884. The normalized spacial score (nSPS) is 14.3. The number of benzene rings is 1. The van der Waals surface area contributed by atoms with Gasteiger partial charge in [0.2, 0.25) is 0 Å². The van der Waals surface area contributed by atoms with E-state index in [0.717, 1.165) is 19.4 Å². The minimum atomic E-state index is 0.884. The van der Waals surface area contributed by atoms with E-state index in [1.807, 2.05) is 5.17 Å². The zero-order valence-electron chi connectivity index (χ0n) is 9.89. The number of nitrogens with zero attached hydrogens (tertiary/aromatic N) is 2. The third-order valence-electron chi connectivity index (χ3n) is 2.69. The van der Waals surface area contributed by atoms with Crippen molar-refractivity contribution < 1.29 is 4.84 Å². The molecular formula is C13H18N2O. The zero-order valence-corrected chi connectivity index (χ0v) is 9.89. The van der Waals surface area contributed by atoms with Crippen LogP contribution in [0.5, 0.6) is 0 Å². The van der Waals surface area contributed by atoms with Gasteiger partial charge in [0.1, 0.15) is 0 Å². The molecule has 2 rings (SSSR count). The molecule has 16 heavy (non-hydrogen) atoms. The first-order valence-corrected chi connectivity index (χ1v) is 5.72. The highest BCUT2D eigenvalue weighted by atomic mass is 16.7. The third-order valence-corrected chi connectivity index (χ3v) is 2.69. The highest BCUT2D eigenvalue weighted by molar-refractivity contribution is 5.57. The van der Waals surface area contributed by atoms with Gasteiger partial charge in [0.25, 0.3) is 0 Å². The Hall–Kier alpha value is -1.32. The maximum absolute atomic E-state index is 5.40. The Kier molecular flexibility index (Phi) is 3.59. The van der Waals surface area contributed by atoms with Crippen molar-refractivity contribution in [2.24, 2.45) is 0 Å². The molecule has 0 radical (unpaired) electrons. The fourth-order valence-corrected chi connectivity index (χ4v) is 1.94. The quantitative estimate of drug-likeness (QED) is 0.723. The Bertz CT molecular complexity index is 376. The van der Waals surface area contributed by atoms with Crippen molar-refractivity contribution in [1.82, 2.24) is 5.17 Å². The van der Waals surface area contributed by atoms with E-state index in [4.69, 9.17) is 4.84 Å². The number of hydrogen-bond acceptors (Lipinski definition) is 3. The van der Waals surface area contributed by atoms with Crippen LogP contribution >= 0.6 is 0 Å². The summed E-state index contributed by atoms with van der Waals surface area (Å²) < 4.78 is 0. The van der Waals surface area contributed by atoms with E-state index in [1.165, 1.54) is 11.3 Å². The Morgan fingerprint density at radius 3 is 2.94 bits per heavy atom. The Balaban J connectivity index is 2.27. The second-order valence-electron chi connectivity index (χ2n) is 3.82. The molecule has 1 aliphatic rings. The first-order valence-electron chi connectivity index (χ1n) is 5.72. The first kappa shape index (κ1) is 11.2. The summed E-state index contributed by atoms with van der Waals surface area (Å²) >= 11 is 0. The average molecular weight is 218 g/mol. The van der Waals surface area contributed by atoms with Crippen molar-refractivity contribution in [3.8, 4) is 0 Å². The zero-order chi connectivity index (χ0) is 11.4. The number of hydroxylamine groups is 1. The average Bonchev–Trinajstić information content (AvgIpc) is 2.35. The largest absolute Gasteiger partial charge is 0.282 e. The summed E-state index contributed by atoms with van der Waals surface area (Å²) in [4.78, 5) is 5.40. The molecule has 1 aromatic rings. The van der Waals surface area contributed by atoms with Crippen molar-refractivity contribution in [2.45, 2.75) is 19.8 Å². The summed E-state index contributed by atoms with van der Waals surface area (Å²) in [7, 11) is 1.71. The molecule has 3 heteroatoms. The van der Waals surface area contributed by atoms with Gasteiger partial charge >= 0.3 is 0 Å². The van der Waals surface area contributed by atoms with Gasteiger partial charge < -0.3 is 0 Å². The van der Waals surface area contributed by atoms with Crippen LogP contribution in [0.1, 0.15) is 18.9 Å². The summed E-state index contributed by atoms with van der Waals surface area (Å²) in [6, 6.07) is 8.42. The van der Waals surface area contributed by atoms with Crippen molar-refractivity contribution in [3.05, 3.63) is 42.1 Å². The molecule has 1 aromatic carbocycles. The summed E-state index contributed by atoms with van der Waals surface area (Å²) in [5.74, 6) is 0. The van der Waals surface area contributed by atoms with Crippen molar-refractivity contribution >= 4 is 5.69 Å². The Morgan fingerprint density at radius 2 is 2.19 bits per heavy atom. The summed E-state index contributed by atoms with van der Waals surface area (Å²) in [6.07, 6.45) is 6.28. The van der Waals surface area contributed by atoms with Crippen LogP contribution in [0, 0.1) is 0 Å². The lowest BCUT2D eigenvalue weighted by atomic mass is 10.1. The number of fused-ring (bicyclic) bond motifs is 1. The SMILES string of the molecule is CCCN(OC)N1C=CCc2ccccc21. The van der Waals surface area contributed by atoms with Crippen LogP contribution in [0.2, 0.25) is 0 Å². The smallest absolute Gasteiger partial charge is 0.0630 e. The van der Waals surface area contributed by atoms with E-state index in [0.29, 0.717) is 0 Å². The Labute approximate surface area is 96.8 Å². The lowest BCUT2D eigenvalue weighted by molar-refractivity contribution is -0.133. The van der Waals surface area contributed by atoms with Crippen molar-refractivity contribution in [3.63, 3.8) is 0 Å². The fraction of sp³-hybridized carbons (Fsp3) is 0.385. The van der Waals surface area contributed by atoms with E-state index in [-0.39, 0.29) is 0 Å². The van der Waals surface area contributed by atoms with Gasteiger partial charge in [-0.2, -0.15) is 0 Å². The molecule has 0 N–H and O–H groups in total. The first-order chi connectivity index (χ1) is 7.86. The van der Waals surface area contributed by atoms with Gasteiger partial charge in [0, 0.05) is 12.7 Å². The van der Waals surface area contributed by atoms with Crippen LogP contribution in [-0.4, -0.2) is 18.8 Å². The highest BCUT2D eigenvalue weighted by Crippen LogP contribution is 2.26. The molecule has 0 fully saturated rings. The number of anilines is 1. The third kappa shape index (κ3) is 2.10. The Morgan fingerprint density at radius 1 is 1.38 bits per heavy atom. The van der Waals surface area contributed by atoms with Crippen LogP contribution in [0.4, 0.5) is 5.69 Å². The summed E-state index contributed by atoms with van der Waals surface area (Å²) in [6.45, 7) is 3.03. The number of hydrazine groups is 1. The topological polar surface area (TPSA) is 15.7 Å². The number of allylic oxidation sites excluding steroid dienone is 1. The molecule has 0 bridgehead atoms. The minimum Gasteiger partial charge on any atom is -0.282 e. The van der Waals surface area contributed by atoms with Crippen molar-refractivity contribution in [2.75, 3.05) is 18.7 Å². The maximum atomic E-state index is 5.40. The monoisotopic (exact) mass is 218 g/mol. The molecular weight excluding hydrogens is 200 g/mol. The molecule has 0 saturated carbocycles. The molecule has 0 aromatic heterocycles. The van der Waals surface area contributed by atoms with E-state index in [1.54, 1.807) is 7.11 Å². The van der Waals surface area contributed by atoms with Gasteiger partial charge in [-0.3, -0.25) is 9.85 Å². The van der Waals surface area contributed by atoms with Gasteiger partial charge in [-0.05, 0) is 24.5 Å². The molecule has 86 valence electrons. The highest BCUT2D eigenvalue weighted by Gasteiger charge is 2.17. The van der Waals surface area contributed by atoms with Gasteiger partial charge in [0.15, 0.2) is 0 Å². The maximum Gasteiger partial charge on any atom is 0.0630 e. The predicted molar refractivity (Wildman–Crippen MR) is 65.8 cm³/mol. The molecule has 1 heterocycles. The van der Waals surface area contributed by atoms with Crippen LogP contribution in [0.15, 0.2) is 36.5 Å². The lowest BCUT2D eigenvalue weighted by Gasteiger charge is -2.34. The number of para-hydroxylation sites is 1. The van der Waals surface area contributed by atoms with Gasteiger partial charge in [-0.15, -0.1) is 0 Å². The molecule has 0 aliphatic carbocycles. The van der Waals surface area contributed by atoms with E-state index in [9.17, 15) is 0 Å². The number of hydrogen-bond donors (Lipinski definition) is 0. The fourth-order valence-electron chi connectivity index (χ4n) is 1.94.